The Morgan fingerprint density at radius 1 is 1.36 bits per heavy atom. The summed E-state index contributed by atoms with van der Waals surface area (Å²) in [6.07, 6.45) is 0.680. The molecule has 0 fully saturated rings. The molecule has 0 saturated heterocycles. The molecule has 0 saturated carbocycles. The number of ether oxygens (including phenoxy) is 1. The van der Waals surface area contributed by atoms with Gasteiger partial charge in [-0.3, -0.25) is 0 Å². The summed E-state index contributed by atoms with van der Waals surface area (Å²) < 4.78 is 28.4. The largest absolute Gasteiger partial charge is 0.435 e. The zero-order valence-corrected chi connectivity index (χ0v) is 7.97. The van der Waals surface area contributed by atoms with Gasteiger partial charge in [0, 0.05) is 0 Å². The fraction of sp³-hybridized carbons (Fsp3) is 0.400. The summed E-state index contributed by atoms with van der Waals surface area (Å²) in [6.45, 7) is -2.02. The van der Waals surface area contributed by atoms with Gasteiger partial charge >= 0.3 is 6.61 Å². The van der Waals surface area contributed by atoms with Gasteiger partial charge in [0.15, 0.2) is 0 Å². The Morgan fingerprint density at radius 2 is 2.07 bits per heavy atom. The molecule has 0 spiro atoms. The highest BCUT2D eigenvalue weighted by Crippen LogP contribution is 2.20. The lowest BCUT2D eigenvalue weighted by atomic mass is 10.1. The quantitative estimate of drug-likeness (QED) is 0.787. The van der Waals surface area contributed by atoms with Crippen LogP contribution in [0.1, 0.15) is 5.56 Å². The van der Waals surface area contributed by atoms with Crippen molar-refractivity contribution in [2.45, 2.75) is 13.0 Å². The molecule has 0 bridgehead atoms. The number of alkyl halides is 2. The van der Waals surface area contributed by atoms with Crippen LogP contribution in [0.15, 0.2) is 24.3 Å². The average Bonchev–Trinajstić information content (AvgIpc) is 2.16. The van der Waals surface area contributed by atoms with E-state index in [0.29, 0.717) is 6.42 Å². The second kappa shape index (κ2) is 5.54. The minimum absolute atomic E-state index is 0.262. The van der Waals surface area contributed by atoms with Gasteiger partial charge < -0.3 is 10.1 Å². The van der Waals surface area contributed by atoms with E-state index in [4.69, 9.17) is 0 Å². The van der Waals surface area contributed by atoms with E-state index in [1.54, 1.807) is 18.2 Å². The molecule has 1 aromatic carbocycles. The van der Waals surface area contributed by atoms with Crippen molar-refractivity contribution in [1.29, 1.82) is 0 Å². The van der Waals surface area contributed by atoms with Gasteiger partial charge in [-0.05, 0) is 31.6 Å². The van der Waals surface area contributed by atoms with Gasteiger partial charge in [0.05, 0.1) is 0 Å². The van der Waals surface area contributed by atoms with Gasteiger partial charge in [-0.2, -0.15) is 8.78 Å². The SMILES string of the molecule is CNCCc1ccccc1OC(F)F. The van der Waals surface area contributed by atoms with Crippen molar-refractivity contribution in [3.8, 4) is 5.75 Å². The summed E-state index contributed by atoms with van der Waals surface area (Å²) in [5.41, 5.74) is 0.794. The number of likely N-dealkylation sites (N-methyl/N-ethyl adjacent to an activating group) is 1. The lowest BCUT2D eigenvalue weighted by Gasteiger charge is -2.09. The van der Waals surface area contributed by atoms with Crippen molar-refractivity contribution >= 4 is 0 Å². The number of nitrogens with one attached hydrogen (secondary N) is 1. The van der Waals surface area contributed by atoms with Crippen molar-refractivity contribution < 1.29 is 13.5 Å². The Morgan fingerprint density at radius 3 is 2.71 bits per heavy atom. The van der Waals surface area contributed by atoms with Crippen LogP contribution in [0, 0.1) is 0 Å². The molecule has 0 atom stereocenters. The molecule has 14 heavy (non-hydrogen) atoms. The highest BCUT2D eigenvalue weighted by atomic mass is 19.3. The maximum absolute atomic E-state index is 12.0. The van der Waals surface area contributed by atoms with Gasteiger partial charge in [0.25, 0.3) is 0 Å². The maximum Gasteiger partial charge on any atom is 0.387 e. The minimum Gasteiger partial charge on any atom is -0.435 e. The van der Waals surface area contributed by atoms with Crippen LogP contribution in [0.25, 0.3) is 0 Å². The van der Waals surface area contributed by atoms with E-state index < -0.39 is 6.61 Å². The highest BCUT2D eigenvalue weighted by Gasteiger charge is 2.07. The third-order valence-corrected chi connectivity index (χ3v) is 1.83. The first-order chi connectivity index (χ1) is 6.74. The lowest BCUT2D eigenvalue weighted by molar-refractivity contribution is -0.0504. The van der Waals surface area contributed by atoms with E-state index in [2.05, 4.69) is 10.1 Å². The molecule has 0 aliphatic rings. The number of hydrogen-bond acceptors (Lipinski definition) is 2. The standard InChI is InChI=1S/C10H13F2NO/c1-13-7-6-8-4-2-3-5-9(8)14-10(11)12/h2-5,10,13H,6-7H2,1H3. The first kappa shape index (κ1) is 10.9. The van der Waals surface area contributed by atoms with E-state index in [9.17, 15) is 8.78 Å². The van der Waals surface area contributed by atoms with Gasteiger partial charge in [-0.25, -0.2) is 0 Å². The van der Waals surface area contributed by atoms with E-state index in [0.717, 1.165) is 12.1 Å². The fourth-order valence-electron chi connectivity index (χ4n) is 1.18. The predicted octanol–water partition coefficient (Wildman–Crippen LogP) is 2.05. The maximum atomic E-state index is 12.0. The molecular weight excluding hydrogens is 188 g/mol. The second-order valence-corrected chi connectivity index (χ2v) is 2.84. The van der Waals surface area contributed by atoms with Crippen LogP contribution in [0.4, 0.5) is 8.78 Å². The molecule has 4 heteroatoms. The number of halogens is 2. The molecule has 0 radical (unpaired) electrons. The van der Waals surface area contributed by atoms with Crippen molar-refractivity contribution in [3.05, 3.63) is 29.8 Å². The first-order valence-corrected chi connectivity index (χ1v) is 4.41. The molecule has 78 valence electrons. The Kier molecular flexibility index (Phi) is 4.32. The van der Waals surface area contributed by atoms with Crippen LogP contribution in [-0.4, -0.2) is 20.2 Å². The van der Waals surface area contributed by atoms with Gasteiger partial charge in [0.1, 0.15) is 5.75 Å². The van der Waals surface area contributed by atoms with Crippen LogP contribution in [-0.2, 0) is 6.42 Å². The van der Waals surface area contributed by atoms with Crippen LogP contribution in [0.5, 0.6) is 5.75 Å². The molecule has 0 unspecified atom stereocenters. The van der Waals surface area contributed by atoms with E-state index in [1.807, 2.05) is 13.1 Å². The molecule has 0 heterocycles. The smallest absolute Gasteiger partial charge is 0.387 e. The monoisotopic (exact) mass is 201 g/mol. The van der Waals surface area contributed by atoms with Crippen molar-refractivity contribution in [3.63, 3.8) is 0 Å². The third-order valence-electron chi connectivity index (χ3n) is 1.83. The second-order valence-electron chi connectivity index (χ2n) is 2.84. The van der Waals surface area contributed by atoms with Crippen molar-refractivity contribution in [2.24, 2.45) is 0 Å². The number of para-hydroxylation sites is 1. The fourth-order valence-corrected chi connectivity index (χ4v) is 1.18. The van der Waals surface area contributed by atoms with E-state index >= 15 is 0 Å². The van der Waals surface area contributed by atoms with Crippen molar-refractivity contribution in [2.75, 3.05) is 13.6 Å². The van der Waals surface area contributed by atoms with Crippen molar-refractivity contribution in [1.82, 2.24) is 5.32 Å². The Balaban J connectivity index is 2.69. The van der Waals surface area contributed by atoms with E-state index in [1.165, 1.54) is 0 Å². The lowest BCUT2D eigenvalue weighted by Crippen LogP contribution is -2.12. The summed E-state index contributed by atoms with van der Waals surface area (Å²) in [5, 5.41) is 2.95. The topological polar surface area (TPSA) is 21.3 Å². The summed E-state index contributed by atoms with van der Waals surface area (Å²) in [5.74, 6) is 0.262. The van der Waals surface area contributed by atoms with Gasteiger partial charge in [-0.15, -0.1) is 0 Å². The predicted molar refractivity (Wildman–Crippen MR) is 50.7 cm³/mol. The third kappa shape index (κ3) is 3.30. The molecule has 1 rings (SSSR count). The Labute approximate surface area is 81.9 Å². The molecule has 0 aliphatic heterocycles. The highest BCUT2D eigenvalue weighted by molar-refractivity contribution is 5.33. The number of benzene rings is 1. The Bertz CT molecular complexity index is 279. The number of hydrogen-bond donors (Lipinski definition) is 1. The summed E-state index contributed by atoms with van der Waals surface area (Å²) in [7, 11) is 1.82. The molecule has 1 aromatic rings. The molecule has 2 nitrogen and oxygen atoms in total. The normalized spacial score (nSPS) is 10.6. The van der Waals surface area contributed by atoms with Crippen LogP contribution in [0.3, 0.4) is 0 Å². The zero-order chi connectivity index (χ0) is 10.4. The van der Waals surface area contributed by atoms with Crippen LogP contribution in [0.2, 0.25) is 0 Å². The van der Waals surface area contributed by atoms with Crippen LogP contribution >= 0.6 is 0 Å². The van der Waals surface area contributed by atoms with Crippen LogP contribution < -0.4 is 10.1 Å². The molecule has 0 amide bonds. The van der Waals surface area contributed by atoms with Gasteiger partial charge in [0.2, 0.25) is 0 Å². The summed E-state index contributed by atoms with van der Waals surface area (Å²) >= 11 is 0. The zero-order valence-electron chi connectivity index (χ0n) is 7.97. The summed E-state index contributed by atoms with van der Waals surface area (Å²) in [6, 6.07) is 6.83. The van der Waals surface area contributed by atoms with E-state index in [-0.39, 0.29) is 5.75 Å². The molecule has 0 aromatic heterocycles. The number of rotatable bonds is 5. The average molecular weight is 201 g/mol. The minimum atomic E-state index is -2.76. The molecular formula is C10H13F2NO. The Hall–Kier alpha value is -1.16. The molecule has 1 N–H and O–H groups in total. The first-order valence-electron chi connectivity index (χ1n) is 4.41. The summed E-state index contributed by atoms with van der Waals surface area (Å²) in [4.78, 5) is 0. The van der Waals surface area contributed by atoms with Gasteiger partial charge in [-0.1, -0.05) is 18.2 Å². The molecule has 0 aliphatic carbocycles.